The summed E-state index contributed by atoms with van der Waals surface area (Å²) in [6.45, 7) is 33.5. The van der Waals surface area contributed by atoms with Crippen LogP contribution in [0.1, 0.15) is 133 Å². The van der Waals surface area contributed by atoms with E-state index in [1.165, 1.54) is 16.7 Å². The minimum Gasteiger partial charge on any atom is -0.507 e. The molecule has 0 fully saturated rings. The van der Waals surface area contributed by atoms with Crippen molar-refractivity contribution in [3.8, 4) is 78.6 Å². The first-order valence-electron chi connectivity index (χ1n) is 26.1. The lowest BCUT2D eigenvalue weighted by Gasteiger charge is -2.28. The van der Waals surface area contributed by atoms with Crippen LogP contribution in [-0.2, 0) is 27.1 Å². The number of phenols is 1. The van der Waals surface area contributed by atoms with Gasteiger partial charge in [0.05, 0.1) is 29.3 Å². The molecule has 0 atom stereocenters. The van der Waals surface area contributed by atoms with Gasteiger partial charge >= 0.3 is 0 Å². The van der Waals surface area contributed by atoms with Crippen molar-refractivity contribution in [3.63, 3.8) is 0 Å². The van der Waals surface area contributed by atoms with Crippen molar-refractivity contribution in [2.75, 3.05) is 0 Å². The summed E-state index contributed by atoms with van der Waals surface area (Å²) in [5.41, 5.74) is 18.4. The van der Waals surface area contributed by atoms with Crippen LogP contribution in [0, 0.1) is 0 Å². The standard InChI is InChI=1S/C68H73N3O/c1-64(2,3)49-32-33-59(54(40-49)44-22-17-16-18-23-44)71-60-27-21-25-53(61(60)70-63(71)55-41-51(66(7,8)9)42-57(62(55)72)68(13,14)15)47-36-48(38-50(37-47)65(4,5)6)58-39-46(34-35-69-58)43-28-30-45(31-29-43)52-24-19-20-26-56(52)67(10,11)12/h16-42,72H,1-15H3/i34D. The molecule has 0 saturated heterocycles. The Morgan fingerprint density at radius 2 is 0.986 bits per heavy atom. The maximum Gasteiger partial charge on any atom is 0.149 e. The summed E-state index contributed by atoms with van der Waals surface area (Å²) in [6, 6.07) is 54.7. The van der Waals surface area contributed by atoms with Gasteiger partial charge in [-0.15, -0.1) is 0 Å². The molecular weight excluding hydrogens is 875 g/mol. The fourth-order valence-corrected chi connectivity index (χ4v) is 9.91. The highest BCUT2D eigenvalue weighted by molar-refractivity contribution is 5.98. The Bertz CT molecular complexity index is 3530. The molecule has 4 heteroatoms. The van der Waals surface area contributed by atoms with Gasteiger partial charge in [0.25, 0.3) is 0 Å². The van der Waals surface area contributed by atoms with E-state index in [9.17, 15) is 5.11 Å². The van der Waals surface area contributed by atoms with Gasteiger partial charge in [0.15, 0.2) is 0 Å². The summed E-state index contributed by atoms with van der Waals surface area (Å²) in [5, 5.41) is 12.6. The normalized spacial score (nSPS) is 12.9. The zero-order valence-corrected chi connectivity index (χ0v) is 45.3. The smallest absolute Gasteiger partial charge is 0.149 e. The SMILES string of the molecule is [2H]c1cnc(-c2cc(-c3cccc4c3nc(-c3cc(C(C)(C)C)cc(C(C)(C)C)c3O)n4-c3ccc(C(C)(C)C)cc3-c3ccccc3)cc(C(C)(C)C)c2)cc1-c1ccc(-c2ccccc2C(C)(C)C)cc1. The minimum absolute atomic E-state index is 0.000655. The number of hydrogen-bond acceptors (Lipinski definition) is 3. The predicted octanol–water partition coefficient (Wildman–Crippen LogP) is 18.6. The molecule has 7 aromatic carbocycles. The molecule has 0 bridgehead atoms. The van der Waals surface area contributed by atoms with Crippen LogP contribution < -0.4 is 0 Å². The molecule has 9 aromatic rings. The first-order chi connectivity index (χ1) is 34.2. The van der Waals surface area contributed by atoms with Gasteiger partial charge in [-0.1, -0.05) is 213 Å². The number of nitrogens with zero attached hydrogens (tertiary/aromatic N) is 3. The molecule has 0 amide bonds. The highest BCUT2D eigenvalue weighted by Crippen LogP contribution is 2.46. The number of benzene rings is 7. The second-order valence-corrected chi connectivity index (χ2v) is 25.0. The maximum absolute atomic E-state index is 12.6. The van der Waals surface area contributed by atoms with Gasteiger partial charge < -0.3 is 5.11 Å². The van der Waals surface area contributed by atoms with Gasteiger partial charge in [-0.3, -0.25) is 9.55 Å². The van der Waals surface area contributed by atoms with Crippen LogP contribution in [0.3, 0.4) is 0 Å². The number of rotatable bonds is 7. The first kappa shape index (κ1) is 48.6. The predicted molar refractivity (Wildman–Crippen MR) is 307 cm³/mol. The molecule has 4 nitrogen and oxygen atoms in total. The van der Waals surface area contributed by atoms with Gasteiger partial charge in [-0.25, -0.2) is 4.98 Å². The van der Waals surface area contributed by atoms with Crippen LogP contribution in [0.4, 0.5) is 0 Å². The lowest BCUT2D eigenvalue weighted by Crippen LogP contribution is -2.17. The van der Waals surface area contributed by atoms with Gasteiger partial charge in [0.1, 0.15) is 11.6 Å². The molecule has 0 saturated carbocycles. The minimum atomic E-state index is -0.344. The van der Waals surface area contributed by atoms with E-state index in [1.54, 1.807) is 6.20 Å². The van der Waals surface area contributed by atoms with Crippen molar-refractivity contribution in [3.05, 3.63) is 192 Å². The second kappa shape index (κ2) is 18.2. The van der Waals surface area contributed by atoms with Crippen LogP contribution in [0.5, 0.6) is 5.75 Å². The van der Waals surface area contributed by atoms with E-state index in [4.69, 9.17) is 11.3 Å². The summed E-state index contributed by atoms with van der Waals surface area (Å²) in [7, 11) is 0. The van der Waals surface area contributed by atoms with Gasteiger partial charge in [0, 0.05) is 28.5 Å². The lowest BCUT2D eigenvalue weighted by atomic mass is 9.79. The summed E-state index contributed by atoms with van der Waals surface area (Å²) in [5.74, 6) is 0.918. The van der Waals surface area contributed by atoms with E-state index in [1.807, 2.05) is 0 Å². The zero-order valence-electron chi connectivity index (χ0n) is 46.3. The Hall–Kier alpha value is -7.04. The van der Waals surface area contributed by atoms with E-state index in [0.29, 0.717) is 17.4 Å². The van der Waals surface area contributed by atoms with E-state index in [-0.39, 0.29) is 32.8 Å². The molecule has 0 spiro atoms. The fourth-order valence-electron chi connectivity index (χ4n) is 9.91. The average molecular weight is 949 g/mol. The molecule has 0 radical (unpaired) electrons. The van der Waals surface area contributed by atoms with E-state index in [2.05, 4.69) is 260 Å². The zero-order chi connectivity index (χ0) is 52.6. The van der Waals surface area contributed by atoms with Crippen molar-refractivity contribution < 1.29 is 6.48 Å². The van der Waals surface area contributed by atoms with E-state index in [0.717, 1.165) is 83.6 Å². The van der Waals surface area contributed by atoms with Crippen molar-refractivity contribution in [1.29, 1.82) is 0 Å². The van der Waals surface area contributed by atoms with Crippen LogP contribution in [0.2, 0.25) is 0 Å². The molecule has 0 aliphatic rings. The quantitative estimate of drug-likeness (QED) is 0.173. The van der Waals surface area contributed by atoms with Gasteiger partial charge in [-0.2, -0.15) is 0 Å². The first-order valence-corrected chi connectivity index (χ1v) is 25.6. The summed E-state index contributed by atoms with van der Waals surface area (Å²) >= 11 is 0. The third-order valence-electron chi connectivity index (χ3n) is 14.3. The molecule has 72 heavy (non-hydrogen) atoms. The van der Waals surface area contributed by atoms with Gasteiger partial charge in [0.2, 0.25) is 0 Å². The molecule has 1 N–H and O–H groups in total. The number of imidazole rings is 1. The second-order valence-electron chi connectivity index (χ2n) is 25.0. The Morgan fingerprint density at radius 1 is 0.417 bits per heavy atom. The highest BCUT2D eigenvalue weighted by atomic mass is 16.3. The van der Waals surface area contributed by atoms with Crippen LogP contribution in [0.25, 0.3) is 83.9 Å². The molecule has 0 aliphatic carbocycles. The largest absolute Gasteiger partial charge is 0.507 e. The summed E-state index contributed by atoms with van der Waals surface area (Å²) < 4.78 is 11.4. The molecule has 0 unspecified atom stereocenters. The monoisotopic (exact) mass is 949 g/mol. The summed E-state index contributed by atoms with van der Waals surface area (Å²) in [4.78, 5) is 10.7. The van der Waals surface area contributed by atoms with E-state index >= 15 is 0 Å². The Labute approximate surface area is 431 Å². The van der Waals surface area contributed by atoms with Crippen molar-refractivity contribution in [2.24, 2.45) is 0 Å². The Kier molecular flexibility index (Phi) is 12.3. The van der Waals surface area contributed by atoms with Crippen molar-refractivity contribution in [1.82, 2.24) is 14.5 Å². The molecule has 0 aliphatic heterocycles. The molecule has 2 aromatic heterocycles. The topological polar surface area (TPSA) is 50.9 Å². The third kappa shape index (κ3) is 9.81. The third-order valence-corrected chi connectivity index (χ3v) is 14.3. The molecule has 2 heterocycles. The number of aromatic nitrogens is 3. The molecule has 9 rings (SSSR count). The Balaban J connectivity index is 1.28. The molecular formula is C68H73N3O. The van der Waals surface area contributed by atoms with E-state index < -0.39 is 0 Å². The summed E-state index contributed by atoms with van der Waals surface area (Å²) in [6.07, 6.45) is 1.69. The number of fused-ring (bicyclic) bond motifs is 1. The lowest BCUT2D eigenvalue weighted by molar-refractivity contribution is 0.446. The van der Waals surface area contributed by atoms with Crippen molar-refractivity contribution >= 4 is 11.0 Å². The molecule has 366 valence electrons. The number of para-hydroxylation sites is 1. The number of aromatic hydroxyl groups is 1. The fraction of sp³-hybridized carbons (Fsp3) is 0.294. The number of pyridine rings is 1. The van der Waals surface area contributed by atoms with Crippen LogP contribution in [0.15, 0.2) is 164 Å². The van der Waals surface area contributed by atoms with Crippen LogP contribution in [-0.4, -0.2) is 19.6 Å². The number of phenolic OH excluding ortho intramolecular Hbond substituents is 1. The van der Waals surface area contributed by atoms with Crippen LogP contribution >= 0.6 is 0 Å². The average Bonchev–Trinajstić information content (AvgIpc) is 3.72. The maximum atomic E-state index is 12.6. The number of hydrogen-bond donors (Lipinski definition) is 1. The highest BCUT2D eigenvalue weighted by Gasteiger charge is 2.30. The van der Waals surface area contributed by atoms with Gasteiger partial charge in [-0.05, 0) is 131 Å². The Morgan fingerprint density at radius 3 is 1.64 bits per heavy atom. The van der Waals surface area contributed by atoms with Crippen molar-refractivity contribution in [2.45, 2.75) is 131 Å².